The third-order valence-corrected chi connectivity index (χ3v) is 4.01. The number of hydrogen-bond donors (Lipinski definition) is 1. The minimum absolute atomic E-state index is 0.317. The van der Waals surface area contributed by atoms with Gasteiger partial charge in [0.1, 0.15) is 0 Å². The maximum atomic E-state index is 5.71. The van der Waals surface area contributed by atoms with E-state index in [4.69, 9.17) is 4.74 Å². The van der Waals surface area contributed by atoms with Gasteiger partial charge in [0.2, 0.25) is 0 Å². The molecule has 1 fully saturated rings. The maximum Gasteiger partial charge on any atom is 0.0723 e. The summed E-state index contributed by atoms with van der Waals surface area (Å²) in [6.07, 6.45) is 1.50. The van der Waals surface area contributed by atoms with E-state index in [2.05, 4.69) is 56.1 Å². The highest BCUT2D eigenvalue weighted by Gasteiger charge is 2.23. The first-order valence-electron chi connectivity index (χ1n) is 7.80. The van der Waals surface area contributed by atoms with Crippen molar-refractivity contribution in [1.29, 1.82) is 0 Å². The summed E-state index contributed by atoms with van der Waals surface area (Å²) in [7, 11) is 0. The van der Waals surface area contributed by atoms with Gasteiger partial charge in [0.05, 0.1) is 12.7 Å². The van der Waals surface area contributed by atoms with Crippen molar-refractivity contribution in [2.45, 2.75) is 52.8 Å². The zero-order valence-electron chi connectivity index (χ0n) is 13.3. The average Bonchev–Trinajstić information content (AvgIpc) is 2.43. The van der Waals surface area contributed by atoms with E-state index in [1.54, 1.807) is 0 Å². The fraction of sp³-hybridized carbons (Fsp3) is 0.647. The first-order chi connectivity index (χ1) is 9.61. The highest BCUT2D eigenvalue weighted by molar-refractivity contribution is 5.52. The van der Waals surface area contributed by atoms with Crippen molar-refractivity contribution in [2.24, 2.45) is 0 Å². The number of nitrogens with one attached hydrogen (secondary N) is 1. The lowest BCUT2D eigenvalue weighted by molar-refractivity contribution is 0.0344. The van der Waals surface area contributed by atoms with Gasteiger partial charge in [-0.2, -0.15) is 0 Å². The Morgan fingerprint density at radius 1 is 1.35 bits per heavy atom. The van der Waals surface area contributed by atoms with Crippen LogP contribution in [0.15, 0.2) is 18.2 Å². The third-order valence-electron chi connectivity index (χ3n) is 4.01. The van der Waals surface area contributed by atoms with Crippen molar-refractivity contribution in [3.8, 4) is 0 Å². The highest BCUT2D eigenvalue weighted by atomic mass is 16.5. The van der Waals surface area contributed by atoms with Crippen molar-refractivity contribution >= 4 is 5.69 Å². The van der Waals surface area contributed by atoms with E-state index in [1.165, 1.54) is 23.2 Å². The first kappa shape index (κ1) is 15.3. The van der Waals surface area contributed by atoms with E-state index in [-0.39, 0.29) is 0 Å². The lowest BCUT2D eigenvalue weighted by Crippen LogP contribution is -2.47. The van der Waals surface area contributed by atoms with Gasteiger partial charge in [-0.1, -0.05) is 13.0 Å². The predicted octanol–water partition coefficient (Wildman–Crippen LogP) is 3.11. The van der Waals surface area contributed by atoms with Crippen LogP contribution in [-0.2, 0) is 11.3 Å². The molecule has 20 heavy (non-hydrogen) atoms. The second-order valence-electron chi connectivity index (χ2n) is 5.93. The van der Waals surface area contributed by atoms with E-state index in [0.29, 0.717) is 12.1 Å². The Hall–Kier alpha value is -1.06. The summed E-state index contributed by atoms with van der Waals surface area (Å²) in [6.45, 7) is 12.6. The minimum Gasteiger partial charge on any atom is -0.375 e. The molecule has 2 atom stereocenters. The zero-order chi connectivity index (χ0) is 14.5. The van der Waals surface area contributed by atoms with Gasteiger partial charge in [0, 0.05) is 24.8 Å². The highest BCUT2D eigenvalue weighted by Crippen LogP contribution is 2.24. The number of aryl methyl sites for hydroxylation is 1. The second-order valence-corrected chi connectivity index (χ2v) is 5.93. The van der Waals surface area contributed by atoms with Crippen molar-refractivity contribution < 1.29 is 4.74 Å². The molecule has 0 bridgehead atoms. The van der Waals surface area contributed by atoms with E-state index in [0.717, 1.165) is 26.2 Å². The molecule has 0 aromatic heterocycles. The average molecular weight is 276 g/mol. The number of anilines is 1. The van der Waals surface area contributed by atoms with E-state index in [1.807, 2.05) is 0 Å². The molecule has 1 aliphatic heterocycles. The van der Waals surface area contributed by atoms with Crippen LogP contribution in [0, 0.1) is 6.92 Å². The van der Waals surface area contributed by atoms with Gasteiger partial charge in [-0.25, -0.2) is 0 Å². The number of nitrogens with zero attached hydrogens (tertiary/aromatic N) is 1. The van der Waals surface area contributed by atoms with Crippen molar-refractivity contribution in [1.82, 2.24) is 5.32 Å². The maximum absolute atomic E-state index is 5.71. The molecule has 2 unspecified atom stereocenters. The Morgan fingerprint density at radius 3 is 2.85 bits per heavy atom. The molecule has 3 nitrogen and oxygen atoms in total. The quantitative estimate of drug-likeness (QED) is 0.836. The predicted molar refractivity (Wildman–Crippen MR) is 85.4 cm³/mol. The zero-order valence-corrected chi connectivity index (χ0v) is 13.3. The molecular formula is C17H28N2O. The Kier molecular flexibility index (Phi) is 5.44. The van der Waals surface area contributed by atoms with Crippen LogP contribution in [-0.4, -0.2) is 31.8 Å². The summed E-state index contributed by atoms with van der Waals surface area (Å²) in [5.41, 5.74) is 4.10. The fourth-order valence-electron chi connectivity index (χ4n) is 2.72. The van der Waals surface area contributed by atoms with Crippen LogP contribution < -0.4 is 10.2 Å². The van der Waals surface area contributed by atoms with Crippen molar-refractivity contribution in [2.75, 3.05) is 24.6 Å². The number of morpholine rings is 1. The molecular weight excluding hydrogens is 248 g/mol. The topological polar surface area (TPSA) is 24.5 Å². The summed E-state index contributed by atoms with van der Waals surface area (Å²) in [5.74, 6) is 0. The molecule has 1 aliphatic rings. The molecule has 0 aliphatic carbocycles. The van der Waals surface area contributed by atoms with Gasteiger partial charge in [-0.05, 0) is 57.0 Å². The Morgan fingerprint density at radius 2 is 2.15 bits per heavy atom. The number of hydrogen-bond acceptors (Lipinski definition) is 3. The summed E-state index contributed by atoms with van der Waals surface area (Å²) in [5, 5.41) is 3.47. The smallest absolute Gasteiger partial charge is 0.0723 e. The summed E-state index contributed by atoms with van der Waals surface area (Å²) < 4.78 is 5.71. The number of rotatable bonds is 5. The number of benzene rings is 1. The van der Waals surface area contributed by atoms with E-state index < -0.39 is 0 Å². The number of ether oxygens (including phenoxy) is 1. The molecule has 0 spiro atoms. The normalized spacial score (nSPS) is 23.1. The molecule has 0 amide bonds. The molecule has 0 radical (unpaired) electrons. The summed E-state index contributed by atoms with van der Waals surface area (Å²) in [6, 6.07) is 7.29. The first-order valence-corrected chi connectivity index (χ1v) is 7.80. The molecule has 2 rings (SSSR count). The molecule has 1 N–H and O–H groups in total. The molecule has 1 saturated heterocycles. The lowest BCUT2D eigenvalue weighted by Gasteiger charge is -2.38. The van der Waals surface area contributed by atoms with Gasteiger partial charge in [0.25, 0.3) is 0 Å². The second kappa shape index (κ2) is 7.09. The lowest BCUT2D eigenvalue weighted by atomic mass is 10.1. The third kappa shape index (κ3) is 3.74. The Bertz CT molecular complexity index is 433. The molecule has 3 heteroatoms. The van der Waals surface area contributed by atoms with Gasteiger partial charge < -0.3 is 15.0 Å². The Labute approximate surface area is 123 Å². The van der Waals surface area contributed by atoms with Gasteiger partial charge in [0.15, 0.2) is 0 Å². The molecule has 1 heterocycles. The molecule has 1 aromatic rings. The Balaban J connectivity index is 2.07. The van der Waals surface area contributed by atoms with Gasteiger partial charge >= 0.3 is 0 Å². The summed E-state index contributed by atoms with van der Waals surface area (Å²) in [4.78, 5) is 2.46. The van der Waals surface area contributed by atoms with Crippen LogP contribution in [0.4, 0.5) is 5.69 Å². The van der Waals surface area contributed by atoms with E-state index in [9.17, 15) is 0 Å². The minimum atomic E-state index is 0.317. The molecule has 112 valence electrons. The fourth-order valence-corrected chi connectivity index (χ4v) is 2.72. The van der Waals surface area contributed by atoms with Crippen LogP contribution in [0.25, 0.3) is 0 Å². The monoisotopic (exact) mass is 276 g/mol. The van der Waals surface area contributed by atoms with Crippen LogP contribution >= 0.6 is 0 Å². The van der Waals surface area contributed by atoms with Crippen LogP contribution in [0.5, 0.6) is 0 Å². The van der Waals surface area contributed by atoms with Gasteiger partial charge in [-0.15, -0.1) is 0 Å². The van der Waals surface area contributed by atoms with Gasteiger partial charge in [-0.3, -0.25) is 0 Å². The van der Waals surface area contributed by atoms with Crippen molar-refractivity contribution in [3.63, 3.8) is 0 Å². The van der Waals surface area contributed by atoms with Crippen LogP contribution in [0.1, 0.15) is 38.3 Å². The van der Waals surface area contributed by atoms with Crippen molar-refractivity contribution in [3.05, 3.63) is 29.3 Å². The standard InChI is InChI=1S/C17H28N2O/c1-5-8-18-10-16-6-7-17(9-13(16)2)19-11-15(4)20-12-14(19)3/h6-7,9,14-15,18H,5,8,10-12H2,1-4H3. The van der Waals surface area contributed by atoms with E-state index >= 15 is 0 Å². The largest absolute Gasteiger partial charge is 0.375 e. The van der Waals surface area contributed by atoms with Crippen LogP contribution in [0.2, 0.25) is 0 Å². The SMILES string of the molecule is CCCNCc1ccc(N2CC(C)OCC2C)cc1C. The summed E-state index contributed by atoms with van der Waals surface area (Å²) >= 11 is 0. The molecule has 0 saturated carbocycles. The molecule has 1 aromatic carbocycles. The van der Waals surface area contributed by atoms with Crippen LogP contribution in [0.3, 0.4) is 0 Å².